The topological polar surface area (TPSA) is 16.1 Å². The largest absolute Gasteiger partial charge is 0.417 e. The third-order valence-electron chi connectivity index (χ3n) is 2.35. The van der Waals surface area contributed by atoms with Crippen molar-refractivity contribution in [1.82, 2.24) is 4.98 Å². The number of anilines is 1. The second kappa shape index (κ2) is 3.72. The van der Waals surface area contributed by atoms with Crippen LogP contribution in [0.1, 0.15) is 19.8 Å². The predicted octanol–water partition coefficient (Wildman–Crippen LogP) is 2.70. The highest BCUT2D eigenvalue weighted by atomic mass is 19.4. The van der Waals surface area contributed by atoms with Crippen LogP contribution in [-0.2, 0) is 6.18 Å². The summed E-state index contributed by atoms with van der Waals surface area (Å²) in [5.41, 5.74) is -0.738. The van der Waals surface area contributed by atoms with Crippen molar-refractivity contribution in [3.8, 4) is 0 Å². The lowest BCUT2D eigenvalue weighted by Gasteiger charge is -2.16. The van der Waals surface area contributed by atoms with Crippen LogP contribution < -0.4 is 4.90 Å². The van der Waals surface area contributed by atoms with Gasteiger partial charge in [0.15, 0.2) is 0 Å². The molecule has 1 atom stereocenters. The van der Waals surface area contributed by atoms with Crippen LogP contribution in [-0.4, -0.2) is 18.1 Å². The first-order valence-electron chi connectivity index (χ1n) is 5.25. The van der Waals surface area contributed by atoms with Crippen LogP contribution >= 0.6 is 0 Å². The van der Waals surface area contributed by atoms with Crippen LogP contribution in [0.25, 0.3) is 0 Å². The monoisotopic (exact) mass is 217 g/mol. The highest BCUT2D eigenvalue weighted by Crippen LogP contribution is 2.29. The minimum atomic E-state index is -4.34. The molecular weight excluding hydrogens is 205 g/mol. The molecule has 0 aromatic carbocycles. The molecule has 1 saturated heterocycles. The number of aromatic nitrogens is 1. The fourth-order valence-corrected chi connectivity index (χ4v) is 1.53. The lowest BCUT2D eigenvalue weighted by atomic mass is 10.3. The van der Waals surface area contributed by atoms with Gasteiger partial charge in [0.25, 0.3) is 0 Å². The van der Waals surface area contributed by atoms with Crippen molar-refractivity contribution in [1.29, 1.82) is 0 Å². The summed E-state index contributed by atoms with van der Waals surface area (Å²) in [6, 6.07) is 2.39. The van der Waals surface area contributed by atoms with Crippen LogP contribution in [0.2, 0.25) is 0 Å². The summed E-state index contributed by atoms with van der Waals surface area (Å²) in [7, 11) is 0. The number of hydrogen-bond acceptors (Lipinski definition) is 2. The van der Waals surface area contributed by atoms with Crippen LogP contribution in [0.15, 0.2) is 18.3 Å². The summed E-state index contributed by atoms with van der Waals surface area (Å²) in [5.74, 6) is 0.516. The Morgan fingerprint density at radius 3 is 2.60 bits per heavy atom. The van der Waals surface area contributed by atoms with Gasteiger partial charge < -0.3 is 4.90 Å². The Balaban J connectivity index is 2.14. The number of pyridine rings is 1. The summed E-state index contributed by atoms with van der Waals surface area (Å²) in [4.78, 5) is 5.62. The first-order valence-corrected chi connectivity index (χ1v) is 4.67. The maximum atomic E-state index is 12.3. The van der Waals surface area contributed by atoms with E-state index in [2.05, 4.69) is 4.98 Å². The van der Waals surface area contributed by atoms with Gasteiger partial charge in [0.2, 0.25) is 0 Å². The number of nitrogens with zero attached hydrogens (tertiary/aromatic N) is 2. The van der Waals surface area contributed by atoms with Gasteiger partial charge in [-0.3, -0.25) is 0 Å². The van der Waals surface area contributed by atoms with Gasteiger partial charge in [-0.15, -0.1) is 0 Å². The summed E-state index contributed by atoms with van der Waals surface area (Å²) in [5, 5.41) is 0. The maximum Gasteiger partial charge on any atom is 0.417 e. The molecule has 0 bridgehead atoms. The number of rotatable bonds is 1. The van der Waals surface area contributed by atoms with Gasteiger partial charge in [-0.1, -0.05) is 0 Å². The molecule has 82 valence electrons. The van der Waals surface area contributed by atoms with Gasteiger partial charge in [0.05, 0.1) is 5.56 Å². The average Bonchev–Trinajstić information content (AvgIpc) is 2.64. The molecule has 1 aliphatic rings. The van der Waals surface area contributed by atoms with Crippen LogP contribution in [0.4, 0.5) is 19.0 Å². The van der Waals surface area contributed by atoms with Gasteiger partial charge in [-0.25, -0.2) is 4.98 Å². The Labute approximate surface area is 87.1 Å². The fourth-order valence-electron chi connectivity index (χ4n) is 1.53. The first-order chi connectivity index (χ1) is 7.47. The molecule has 5 heteroatoms. The summed E-state index contributed by atoms with van der Waals surface area (Å²) >= 11 is 0. The Morgan fingerprint density at radius 1 is 1.33 bits per heavy atom. The average molecular weight is 217 g/mol. The van der Waals surface area contributed by atoms with Crippen molar-refractivity contribution in [3.05, 3.63) is 23.9 Å². The number of halogens is 3. The highest BCUT2D eigenvalue weighted by Gasteiger charge is 2.30. The lowest BCUT2D eigenvalue weighted by molar-refractivity contribution is -0.137. The Bertz CT molecular complexity index is 363. The molecule has 1 fully saturated rings. The van der Waals surface area contributed by atoms with Gasteiger partial charge >= 0.3 is 6.18 Å². The molecule has 0 radical (unpaired) electrons. The molecule has 2 nitrogen and oxygen atoms in total. The standard InChI is InChI=1S/C10H11F3N2/c11-10(12,13)8-3-4-9(14-7-8)15-5-1-2-6-15/h3-4,7H,1-2,5-6H2/i1D/t1-/m0/s1. The van der Waals surface area contributed by atoms with Crippen molar-refractivity contribution < 1.29 is 14.5 Å². The highest BCUT2D eigenvalue weighted by molar-refractivity contribution is 5.40. The SMILES string of the molecule is [2H][C@H]1CCN(c2ccc(C(F)(F)F)cn2)C1. The summed E-state index contributed by atoms with van der Waals surface area (Å²) in [6.45, 7) is 1.23. The second-order valence-electron chi connectivity index (χ2n) is 3.43. The number of hydrogen-bond donors (Lipinski definition) is 0. The van der Waals surface area contributed by atoms with Crippen molar-refractivity contribution >= 4 is 5.82 Å². The molecule has 15 heavy (non-hydrogen) atoms. The number of alkyl halides is 3. The molecule has 1 aliphatic heterocycles. The minimum absolute atomic E-state index is 0.163. The molecule has 1 aromatic rings. The second-order valence-corrected chi connectivity index (χ2v) is 3.43. The molecule has 0 amide bonds. The van der Waals surface area contributed by atoms with Gasteiger partial charge in [0.1, 0.15) is 5.82 Å². The van der Waals surface area contributed by atoms with E-state index in [1.54, 1.807) is 0 Å². The van der Waals surface area contributed by atoms with Gasteiger partial charge in [0, 0.05) is 20.7 Å². The van der Waals surface area contributed by atoms with Crippen LogP contribution in [0, 0.1) is 0 Å². The molecule has 0 saturated carbocycles. The molecular formula is C10H11F3N2. The van der Waals surface area contributed by atoms with Crippen LogP contribution in [0.3, 0.4) is 0 Å². The van der Waals surface area contributed by atoms with E-state index < -0.39 is 11.7 Å². The van der Waals surface area contributed by atoms with Crippen molar-refractivity contribution in [2.45, 2.75) is 19.0 Å². The summed E-state index contributed by atoms with van der Waals surface area (Å²) in [6.07, 6.45) is -2.92. The first kappa shape index (κ1) is 9.00. The predicted molar refractivity (Wildman–Crippen MR) is 50.7 cm³/mol. The van der Waals surface area contributed by atoms with Crippen LogP contribution in [0.5, 0.6) is 0 Å². The van der Waals surface area contributed by atoms with E-state index in [1.165, 1.54) is 6.07 Å². The summed E-state index contributed by atoms with van der Waals surface area (Å²) < 4.78 is 44.3. The Hall–Kier alpha value is -1.26. The molecule has 0 unspecified atom stereocenters. The van der Waals surface area contributed by atoms with Gasteiger partial charge in [-0.2, -0.15) is 13.2 Å². The van der Waals surface area contributed by atoms with E-state index in [0.717, 1.165) is 18.7 Å². The smallest absolute Gasteiger partial charge is 0.357 e. The van der Waals surface area contributed by atoms with Gasteiger partial charge in [-0.05, 0) is 25.0 Å². The molecule has 2 heterocycles. The zero-order valence-corrected chi connectivity index (χ0v) is 7.96. The van der Waals surface area contributed by atoms with Crippen molar-refractivity contribution in [2.24, 2.45) is 0 Å². The quantitative estimate of drug-likeness (QED) is 0.719. The van der Waals surface area contributed by atoms with Crippen molar-refractivity contribution in [3.63, 3.8) is 0 Å². The lowest BCUT2D eigenvalue weighted by Crippen LogP contribution is -2.19. The molecule has 0 N–H and O–H groups in total. The van der Waals surface area contributed by atoms with E-state index in [4.69, 9.17) is 1.37 Å². The fraction of sp³-hybridized carbons (Fsp3) is 0.500. The molecule has 0 aliphatic carbocycles. The molecule has 0 spiro atoms. The zero-order valence-electron chi connectivity index (χ0n) is 8.96. The van der Waals surface area contributed by atoms with E-state index in [1.807, 2.05) is 4.90 Å². The van der Waals surface area contributed by atoms with Crippen molar-refractivity contribution in [2.75, 3.05) is 18.0 Å². The van der Waals surface area contributed by atoms with E-state index in [0.29, 0.717) is 18.9 Å². The maximum absolute atomic E-state index is 12.3. The Kier molecular flexibility index (Phi) is 2.23. The molecule has 2 rings (SSSR count). The van der Waals surface area contributed by atoms with E-state index in [9.17, 15) is 13.2 Å². The third kappa shape index (κ3) is 2.22. The van der Waals surface area contributed by atoms with E-state index in [-0.39, 0.29) is 6.40 Å². The minimum Gasteiger partial charge on any atom is -0.357 e. The third-order valence-corrected chi connectivity index (χ3v) is 2.35. The van der Waals surface area contributed by atoms with E-state index >= 15 is 0 Å². The normalized spacial score (nSPS) is 23.0. The Morgan fingerprint density at radius 2 is 2.13 bits per heavy atom. The molecule has 1 aromatic heterocycles. The zero-order chi connectivity index (χ0) is 11.8.